The van der Waals surface area contributed by atoms with Crippen molar-refractivity contribution in [3.63, 3.8) is 0 Å². The van der Waals surface area contributed by atoms with E-state index in [1.54, 1.807) is 0 Å². The maximum absolute atomic E-state index is 12.8. The number of carboxylic acids is 1. The Labute approximate surface area is 458 Å². The number of nitrogens with zero attached hydrogens (tertiary/aromatic N) is 2. The number of rotatable bonds is 11. The average Bonchev–Trinajstić information content (AvgIpc) is 3.57. The SMILES string of the molecule is CC(=O)O.Oc1c(C=N[C@@H](c2ccccc2)[C@@H](N=Cc2cc3ccccc3c(-c3c(-c4ccccc4)ccc4ccccc34)c2O)c2ccccc2)cc2ccccc2c1-c1c(-c2ccccc2)ccc2ccccc12.[Mn]. The number of phenolic OH excluding ortho intramolecular Hbond substituents is 2. The zero-order chi connectivity index (χ0) is 52.0. The standard InChI is InChI=1S/C68H48N2O2.C2H4O2.Mn/c71-67-53(41-51-31-15-19-35-57(51)63(67)61-55-33-17-13-25-47(55)37-39-59(61)45-21-5-1-6-22-45)43-69-65(49-27-9-3-10-28-49)66(50-29-11-4-12-30-50)70-44-54-42-52-32-16-20-36-58(52)64(68(54)72)62-56-34-18-14-26-48(56)38-40-60(62)46-23-7-2-8-24-46;1-2(3)4;/h1-44,65-66,71-72H;1H3,(H,3,4);/t65-,66-;;/m0../s1. The number of aliphatic imine (C=N–C) groups is 2. The van der Waals surface area contributed by atoms with E-state index < -0.39 is 18.1 Å². The van der Waals surface area contributed by atoms with Crippen molar-refractivity contribution in [3.05, 3.63) is 277 Å². The molecule has 0 spiro atoms. The predicted molar refractivity (Wildman–Crippen MR) is 315 cm³/mol. The fourth-order valence-electron chi connectivity index (χ4n) is 10.5. The van der Waals surface area contributed by atoms with Crippen molar-refractivity contribution in [2.45, 2.75) is 19.0 Å². The second-order valence-electron chi connectivity index (χ2n) is 18.8. The summed E-state index contributed by atoms with van der Waals surface area (Å²) in [5.41, 5.74) is 10.7. The zero-order valence-corrected chi connectivity index (χ0v) is 43.3. The molecule has 12 aromatic rings. The summed E-state index contributed by atoms with van der Waals surface area (Å²) in [7, 11) is 0. The number of aliphatic carboxylic acids is 1. The Kier molecular flexibility index (Phi) is 15.3. The van der Waals surface area contributed by atoms with Crippen molar-refractivity contribution in [3.8, 4) is 56.0 Å². The molecule has 0 heterocycles. The number of aromatic hydroxyl groups is 2. The first-order chi connectivity index (χ1) is 37.3. The van der Waals surface area contributed by atoms with Crippen molar-refractivity contribution in [1.82, 2.24) is 0 Å². The molecular formula is C70H52MnN2O4. The van der Waals surface area contributed by atoms with Gasteiger partial charge in [0, 0.05) is 69.8 Å². The van der Waals surface area contributed by atoms with Crippen LogP contribution in [-0.2, 0) is 21.9 Å². The number of phenols is 2. The van der Waals surface area contributed by atoms with E-state index in [0.717, 1.165) is 106 Å². The number of benzene rings is 12. The van der Waals surface area contributed by atoms with E-state index in [2.05, 4.69) is 170 Å². The summed E-state index contributed by atoms with van der Waals surface area (Å²) in [5.74, 6) is -0.538. The van der Waals surface area contributed by atoms with Gasteiger partial charge in [-0.15, -0.1) is 0 Å². The summed E-state index contributed by atoms with van der Waals surface area (Å²) in [5, 5.41) is 41.2. The fourth-order valence-corrected chi connectivity index (χ4v) is 10.5. The van der Waals surface area contributed by atoms with Crippen LogP contribution in [0.5, 0.6) is 11.5 Å². The van der Waals surface area contributed by atoms with E-state index in [9.17, 15) is 10.2 Å². The minimum absolute atomic E-state index is 0. The minimum Gasteiger partial charge on any atom is -0.507 e. The van der Waals surface area contributed by atoms with Crippen LogP contribution in [0.15, 0.2) is 265 Å². The zero-order valence-electron chi connectivity index (χ0n) is 42.1. The van der Waals surface area contributed by atoms with E-state index in [4.69, 9.17) is 19.9 Å². The molecule has 77 heavy (non-hydrogen) atoms. The van der Waals surface area contributed by atoms with Gasteiger partial charge in [-0.1, -0.05) is 243 Å². The molecule has 12 rings (SSSR count). The van der Waals surface area contributed by atoms with Gasteiger partial charge in [-0.25, -0.2) is 0 Å². The molecule has 0 amide bonds. The van der Waals surface area contributed by atoms with Crippen molar-refractivity contribution < 1.29 is 37.2 Å². The van der Waals surface area contributed by atoms with E-state index in [1.807, 2.05) is 97.4 Å². The van der Waals surface area contributed by atoms with E-state index in [1.165, 1.54) is 0 Å². The smallest absolute Gasteiger partial charge is 0.300 e. The van der Waals surface area contributed by atoms with Gasteiger partial charge in [0.05, 0.1) is 0 Å². The van der Waals surface area contributed by atoms with Gasteiger partial charge in [0.1, 0.15) is 23.6 Å². The van der Waals surface area contributed by atoms with Gasteiger partial charge >= 0.3 is 0 Å². The summed E-state index contributed by atoms with van der Waals surface area (Å²) in [6, 6.07) is 86.1. The van der Waals surface area contributed by atoms with Crippen LogP contribution in [0.1, 0.15) is 41.3 Å². The number of hydrogen-bond donors (Lipinski definition) is 3. The molecule has 0 fully saturated rings. The molecule has 12 aromatic carbocycles. The van der Waals surface area contributed by atoms with Crippen molar-refractivity contribution >= 4 is 61.5 Å². The van der Waals surface area contributed by atoms with Crippen LogP contribution in [0.4, 0.5) is 0 Å². The maximum Gasteiger partial charge on any atom is 0.300 e. The Balaban J connectivity index is 0.00000130. The third kappa shape index (κ3) is 10.5. The van der Waals surface area contributed by atoms with Gasteiger partial charge < -0.3 is 15.3 Å². The van der Waals surface area contributed by atoms with Crippen LogP contribution in [0.3, 0.4) is 0 Å². The normalized spacial score (nSPS) is 12.1. The molecule has 6 nitrogen and oxygen atoms in total. The fraction of sp³-hybridized carbons (Fsp3) is 0.0429. The van der Waals surface area contributed by atoms with Gasteiger partial charge in [-0.2, -0.15) is 0 Å². The van der Waals surface area contributed by atoms with Crippen LogP contribution in [0, 0.1) is 0 Å². The van der Waals surface area contributed by atoms with E-state index in [0.29, 0.717) is 11.1 Å². The van der Waals surface area contributed by atoms with E-state index >= 15 is 0 Å². The Morgan fingerprint density at radius 2 is 0.662 bits per heavy atom. The molecule has 0 unspecified atom stereocenters. The first-order valence-electron chi connectivity index (χ1n) is 25.3. The molecule has 373 valence electrons. The third-order valence-corrected chi connectivity index (χ3v) is 14.0. The first-order valence-corrected chi connectivity index (χ1v) is 25.3. The summed E-state index contributed by atoms with van der Waals surface area (Å²) < 4.78 is 0. The summed E-state index contributed by atoms with van der Waals surface area (Å²) in [4.78, 5) is 19.9. The molecule has 0 aromatic heterocycles. The average molecular weight is 1040 g/mol. The first kappa shape index (κ1) is 51.1. The van der Waals surface area contributed by atoms with Gasteiger partial charge in [0.2, 0.25) is 0 Å². The van der Waals surface area contributed by atoms with Gasteiger partial charge in [0.25, 0.3) is 5.97 Å². The Morgan fingerprint density at radius 1 is 0.377 bits per heavy atom. The number of carbonyl (C=O) groups is 1. The topological polar surface area (TPSA) is 102 Å². The van der Waals surface area contributed by atoms with Crippen LogP contribution >= 0.6 is 0 Å². The summed E-state index contributed by atoms with van der Waals surface area (Å²) >= 11 is 0. The van der Waals surface area contributed by atoms with E-state index in [-0.39, 0.29) is 28.6 Å². The molecule has 0 aliphatic heterocycles. The monoisotopic (exact) mass is 1040 g/mol. The maximum atomic E-state index is 12.8. The molecular weight excluding hydrogens is 988 g/mol. The number of fused-ring (bicyclic) bond motifs is 4. The van der Waals surface area contributed by atoms with Crippen LogP contribution in [-0.4, -0.2) is 33.7 Å². The Morgan fingerprint density at radius 3 is 1.01 bits per heavy atom. The van der Waals surface area contributed by atoms with Crippen LogP contribution < -0.4 is 0 Å². The van der Waals surface area contributed by atoms with Gasteiger partial charge in [-0.3, -0.25) is 14.8 Å². The predicted octanol–water partition coefficient (Wildman–Crippen LogP) is 17.5. The third-order valence-electron chi connectivity index (χ3n) is 14.0. The molecule has 0 aliphatic carbocycles. The minimum atomic E-state index is -0.833. The van der Waals surface area contributed by atoms with Crippen LogP contribution in [0.25, 0.3) is 87.6 Å². The molecule has 0 aliphatic rings. The van der Waals surface area contributed by atoms with Crippen molar-refractivity contribution in [2.75, 3.05) is 0 Å². The van der Waals surface area contributed by atoms with Crippen molar-refractivity contribution in [2.24, 2.45) is 9.98 Å². The van der Waals surface area contributed by atoms with Gasteiger partial charge in [-0.05, 0) is 88.6 Å². The molecule has 0 saturated carbocycles. The number of carboxylic acid groups (broad SMARTS) is 1. The molecule has 7 heteroatoms. The van der Waals surface area contributed by atoms with Crippen LogP contribution in [0.2, 0.25) is 0 Å². The molecule has 0 bridgehead atoms. The Bertz CT molecular complexity index is 3860. The summed E-state index contributed by atoms with van der Waals surface area (Å²) in [6.45, 7) is 1.08. The Hall–Kier alpha value is -9.39. The molecule has 0 saturated heterocycles. The second-order valence-corrected chi connectivity index (χ2v) is 18.8. The second kappa shape index (κ2) is 23.0. The van der Waals surface area contributed by atoms with Gasteiger partial charge in [0.15, 0.2) is 0 Å². The molecule has 3 N–H and O–H groups in total. The number of hydrogen-bond acceptors (Lipinski definition) is 5. The largest absolute Gasteiger partial charge is 0.507 e. The molecule has 2 atom stereocenters. The van der Waals surface area contributed by atoms with Crippen molar-refractivity contribution in [1.29, 1.82) is 0 Å². The quantitative estimate of drug-likeness (QED) is 0.0887. The molecule has 1 radical (unpaired) electrons. The summed E-state index contributed by atoms with van der Waals surface area (Å²) in [6.07, 6.45) is 3.64.